The van der Waals surface area contributed by atoms with E-state index in [1.54, 1.807) is 0 Å². The van der Waals surface area contributed by atoms with Gasteiger partial charge in [-0.25, -0.2) is 0 Å². The molecule has 0 saturated heterocycles. The minimum atomic E-state index is -1.02. The van der Waals surface area contributed by atoms with Gasteiger partial charge in [-0.15, -0.1) is 5.70 Å². The van der Waals surface area contributed by atoms with Crippen molar-refractivity contribution in [1.82, 2.24) is 5.32 Å². The van der Waals surface area contributed by atoms with Crippen LogP contribution in [0.1, 0.15) is 47.5 Å². The summed E-state index contributed by atoms with van der Waals surface area (Å²) in [5, 5.41) is 4.15. The van der Waals surface area contributed by atoms with Gasteiger partial charge in [-0.3, -0.25) is 0 Å². The highest BCUT2D eigenvalue weighted by Gasteiger charge is 2.33. The van der Waals surface area contributed by atoms with Gasteiger partial charge >= 0.3 is 0 Å². The lowest BCUT2D eigenvalue weighted by molar-refractivity contribution is 0.667. The Labute approximate surface area is 119 Å². The Morgan fingerprint density at radius 1 is 1.17 bits per heavy atom. The van der Waals surface area contributed by atoms with E-state index in [1.165, 1.54) is 37.2 Å². The molecular formula is C15H35NSi2. The monoisotopic (exact) mass is 285 g/mol. The van der Waals surface area contributed by atoms with Gasteiger partial charge in [-0.05, 0) is 38.0 Å². The zero-order valence-electron chi connectivity index (χ0n) is 13.8. The molecule has 18 heavy (non-hydrogen) atoms. The lowest BCUT2D eigenvalue weighted by atomic mass is 10.2. The van der Waals surface area contributed by atoms with E-state index >= 15 is 0 Å². The van der Waals surface area contributed by atoms with Crippen LogP contribution in [0.5, 0.6) is 0 Å². The Morgan fingerprint density at radius 3 is 2.28 bits per heavy atom. The summed E-state index contributed by atoms with van der Waals surface area (Å²) in [4.78, 5) is 0. The number of allylic oxidation sites excluding steroid dienone is 1. The van der Waals surface area contributed by atoms with E-state index in [9.17, 15) is 0 Å². The predicted octanol–water partition coefficient (Wildman–Crippen LogP) is 3.91. The van der Waals surface area contributed by atoms with Crippen molar-refractivity contribution in [1.29, 1.82) is 0 Å². The van der Waals surface area contributed by atoms with Crippen molar-refractivity contribution in [3.8, 4) is 0 Å². The molecular weight excluding hydrogens is 250 g/mol. The SMILES string of the molecule is CC(C)=C[SiH2]CNCCCC[Si](C)(C)C(C)(C)C. The van der Waals surface area contributed by atoms with Crippen molar-refractivity contribution < 1.29 is 0 Å². The molecule has 0 atom stereocenters. The maximum Gasteiger partial charge on any atom is 0.0608 e. The van der Waals surface area contributed by atoms with Gasteiger partial charge < -0.3 is 5.32 Å². The number of hydrogen-bond donors (Lipinski definition) is 1. The summed E-state index contributed by atoms with van der Waals surface area (Å²) in [5.74, 6) is 0. The minimum Gasteiger partial charge on any atom is -0.320 e. The van der Waals surface area contributed by atoms with Crippen molar-refractivity contribution >= 4 is 17.6 Å². The molecule has 0 heterocycles. The molecule has 0 aromatic heterocycles. The van der Waals surface area contributed by atoms with E-state index in [0.29, 0.717) is 5.04 Å². The molecule has 0 radical (unpaired) electrons. The highest BCUT2D eigenvalue weighted by Crippen LogP contribution is 2.39. The van der Waals surface area contributed by atoms with Crippen LogP contribution in [0, 0.1) is 0 Å². The number of hydrogen-bond acceptors (Lipinski definition) is 1. The third-order valence-corrected chi connectivity index (χ3v) is 11.7. The van der Waals surface area contributed by atoms with E-state index in [1.807, 2.05) is 0 Å². The van der Waals surface area contributed by atoms with Crippen LogP contribution >= 0.6 is 0 Å². The summed E-state index contributed by atoms with van der Waals surface area (Å²) in [6.45, 7) is 18.0. The number of nitrogens with one attached hydrogen (secondary N) is 1. The molecule has 3 heteroatoms. The van der Waals surface area contributed by atoms with E-state index in [-0.39, 0.29) is 9.52 Å². The largest absolute Gasteiger partial charge is 0.320 e. The Morgan fingerprint density at radius 2 is 1.78 bits per heavy atom. The van der Waals surface area contributed by atoms with E-state index in [0.717, 1.165) is 0 Å². The lowest BCUT2D eigenvalue weighted by Gasteiger charge is -2.37. The van der Waals surface area contributed by atoms with Gasteiger partial charge in [-0.1, -0.05) is 51.9 Å². The third kappa shape index (κ3) is 8.27. The fourth-order valence-electron chi connectivity index (χ4n) is 1.78. The molecule has 0 unspecified atom stereocenters. The van der Waals surface area contributed by atoms with Gasteiger partial charge in [0.1, 0.15) is 0 Å². The molecule has 0 fully saturated rings. The zero-order chi connectivity index (χ0) is 14.2. The highest BCUT2D eigenvalue weighted by atomic mass is 28.3. The third-order valence-electron chi connectivity index (χ3n) is 4.31. The highest BCUT2D eigenvalue weighted by molar-refractivity contribution is 6.80. The van der Waals surface area contributed by atoms with Crippen LogP contribution in [-0.4, -0.2) is 30.3 Å². The molecule has 0 aliphatic heterocycles. The van der Waals surface area contributed by atoms with Crippen molar-refractivity contribution in [3.63, 3.8) is 0 Å². The van der Waals surface area contributed by atoms with Crippen molar-refractivity contribution in [2.45, 2.75) is 71.6 Å². The first-order valence-corrected chi connectivity index (χ1v) is 12.5. The molecule has 0 amide bonds. The Kier molecular flexibility index (Phi) is 8.40. The summed E-state index contributed by atoms with van der Waals surface area (Å²) >= 11 is 0. The summed E-state index contributed by atoms with van der Waals surface area (Å²) in [6.07, 6.45) is 4.04. The van der Waals surface area contributed by atoms with Crippen LogP contribution in [0.4, 0.5) is 0 Å². The first-order chi connectivity index (χ1) is 8.17. The number of unbranched alkanes of at least 4 members (excludes halogenated alkanes) is 1. The smallest absolute Gasteiger partial charge is 0.0608 e. The zero-order valence-corrected chi connectivity index (χ0v) is 16.2. The number of rotatable bonds is 8. The summed E-state index contributed by atoms with van der Waals surface area (Å²) in [5.41, 5.74) is 3.93. The second kappa shape index (κ2) is 8.33. The molecule has 0 aromatic rings. The molecule has 0 bridgehead atoms. The predicted molar refractivity (Wildman–Crippen MR) is 92.1 cm³/mol. The Hall–Kier alpha value is 0.134. The molecule has 1 N–H and O–H groups in total. The summed E-state index contributed by atoms with van der Waals surface area (Å²) < 4.78 is 0. The van der Waals surface area contributed by atoms with Gasteiger partial charge in [0.15, 0.2) is 0 Å². The van der Waals surface area contributed by atoms with Crippen LogP contribution in [0.3, 0.4) is 0 Å². The quantitative estimate of drug-likeness (QED) is 0.526. The molecule has 0 saturated carbocycles. The fourth-order valence-corrected chi connectivity index (χ4v) is 4.84. The van der Waals surface area contributed by atoms with Crippen molar-refractivity contribution in [2.24, 2.45) is 0 Å². The van der Waals surface area contributed by atoms with E-state index < -0.39 is 8.07 Å². The van der Waals surface area contributed by atoms with Gasteiger partial charge in [0.2, 0.25) is 0 Å². The molecule has 0 spiro atoms. The van der Waals surface area contributed by atoms with E-state index in [2.05, 4.69) is 58.7 Å². The molecule has 0 aromatic carbocycles. The first kappa shape index (κ1) is 18.1. The summed E-state index contributed by atoms with van der Waals surface area (Å²) in [7, 11) is -1.01. The first-order valence-electron chi connectivity index (χ1n) is 7.51. The normalized spacial score (nSPS) is 13.3. The van der Waals surface area contributed by atoms with Crippen LogP contribution in [0.25, 0.3) is 0 Å². The van der Waals surface area contributed by atoms with Gasteiger partial charge in [0.05, 0.1) is 17.6 Å². The van der Waals surface area contributed by atoms with E-state index in [4.69, 9.17) is 0 Å². The molecule has 0 aliphatic carbocycles. The van der Waals surface area contributed by atoms with Gasteiger partial charge in [0, 0.05) is 0 Å². The molecule has 0 aliphatic rings. The van der Waals surface area contributed by atoms with Crippen LogP contribution < -0.4 is 5.32 Å². The van der Waals surface area contributed by atoms with Gasteiger partial charge in [0.25, 0.3) is 0 Å². The van der Waals surface area contributed by atoms with Crippen LogP contribution in [-0.2, 0) is 0 Å². The average molecular weight is 286 g/mol. The lowest BCUT2D eigenvalue weighted by Crippen LogP contribution is -2.36. The second-order valence-corrected chi connectivity index (χ2v) is 14.7. The Balaban J connectivity index is 3.55. The minimum absolute atomic E-state index is 0.0153. The van der Waals surface area contributed by atoms with Crippen LogP contribution in [0.2, 0.25) is 24.2 Å². The molecule has 108 valence electrons. The fraction of sp³-hybridized carbons (Fsp3) is 0.867. The summed E-state index contributed by atoms with van der Waals surface area (Å²) in [6, 6.07) is 1.48. The molecule has 0 rings (SSSR count). The van der Waals surface area contributed by atoms with Crippen molar-refractivity contribution in [2.75, 3.05) is 12.7 Å². The Bertz CT molecular complexity index is 248. The molecule has 1 nitrogen and oxygen atoms in total. The van der Waals surface area contributed by atoms with Crippen molar-refractivity contribution in [3.05, 3.63) is 11.3 Å². The van der Waals surface area contributed by atoms with Gasteiger partial charge in [-0.2, -0.15) is 0 Å². The maximum atomic E-state index is 3.60. The topological polar surface area (TPSA) is 12.0 Å². The maximum absolute atomic E-state index is 3.60. The van der Waals surface area contributed by atoms with Crippen LogP contribution in [0.15, 0.2) is 11.3 Å². The average Bonchev–Trinajstić information content (AvgIpc) is 2.19. The standard InChI is InChI=1S/C15H35NSi2/c1-14(2)12-17-13-16-10-8-9-11-18(6,7)15(3,4)5/h12,16H,8-11,13,17H2,1-7H3. The second-order valence-electron chi connectivity index (χ2n) is 7.41.